The summed E-state index contributed by atoms with van der Waals surface area (Å²) < 4.78 is 1.96. The molecule has 2 aromatic heterocycles. The molecule has 4 nitrogen and oxygen atoms in total. The summed E-state index contributed by atoms with van der Waals surface area (Å²) in [5.74, 6) is -0.968. The van der Waals surface area contributed by atoms with Crippen LogP contribution >= 0.6 is 0 Å². The second-order valence-corrected chi connectivity index (χ2v) is 3.65. The smallest absolute Gasteiger partial charge is 0.337 e. The Morgan fingerprint density at radius 3 is 2.88 bits per heavy atom. The van der Waals surface area contributed by atoms with Crippen molar-refractivity contribution in [3.05, 3.63) is 53.6 Å². The van der Waals surface area contributed by atoms with Crippen LogP contribution < -0.4 is 0 Å². The van der Waals surface area contributed by atoms with Gasteiger partial charge in [0.25, 0.3) is 0 Å². The topological polar surface area (TPSA) is 55.1 Å². The van der Waals surface area contributed by atoms with E-state index < -0.39 is 5.97 Å². The number of hydrogen-bond donors (Lipinski definition) is 1. The lowest BCUT2D eigenvalue weighted by atomic mass is 10.1. The molecule has 2 heterocycles. The fourth-order valence-electron chi connectivity index (χ4n) is 1.55. The van der Waals surface area contributed by atoms with Gasteiger partial charge in [-0.15, -0.1) is 0 Å². The van der Waals surface area contributed by atoms with E-state index in [9.17, 15) is 4.79 Å². The number of aromatic carboxylic acids is 1. The van der Waals surface area contributed by atoms with Crippen molar-refractivity contribution in [2.75, 3.05) is 0 Å². The lowest BCUT2D eigenvalue weighted by Crippen LogP contribution is -1.99. The van der Waals surface area contributed by atoms with Crippen LogP contribution in [-0.4, -0.2) is 20.6 Å². The van der Waals surface area contributed by atoms with Gasteiger partial charge >= 0.3 is 5.97 Å². The standard InChI is InChI=1S/C13H12N2O2/c1-15-8-2-3-11(15)5-4-10-6-7-14-9-12(10)13(16)17/h2-9H,1H3,(H,16,17)/b5-4+. The molecule has 0 radical (unpaired) electrons. The van der Waals surface area contributed by atoms with Gasteiger partial charge in [0.15, 0.2) is 0 Å². The highest BCUT2D eigenvalue weighted by molar-refractivity contribution is 5.92. The number of pyridine rings is 1. The van der Waals surface area contributed by atoms with Crippen LogP contribution in [0.25, 0.3) is 12.2 Å². The minimum Gasteiger partial charge on any atom is -0.478 e. The van der Waals surface area contributed by atoms with Crippen molar-refractivity contribution in [3.63, 3.8) is 0 Å². The van der Waals surface area contributed by atoms with Gasteiger partial charge in [0.1, 0.15) is 0 Å². The molecular weight excluding hydrogens is 216 g/mol. The molecule has 4 heteroatoms. The summed E-state index contributed by atoms with van der Waals surface area (Å²) in [6, 6.07) is 5.57. The largest absolute Gasteiger partial charge is 0.478 e. The van der Waals surface area contributed by atoms with Gasteiger partial charge in [-0.3, -0.25) is 4.98 Å². The van der Waals surface area contributed by atoms with Gasteiger partial charge in [-0.1, -0.05) is 6.08 Å². The minimum atomic E-state index is -0.968. The molecule has 2 aromatic rings. The molecule has 0 saturated carbocycles. The SMILES string of the molecule is Cn1cccc1/C=C/c1ccncc1C(=O)O. The van der Waals surface area contributed by atoms with Crippen LogP contribution in [0.4, 0.5) is 0 Å². The molecule has 2 rings (SSSR count). The monoisotopic (exact) mass is 228 g/mol. The first kappa shape index (κ1) is 11.1. The quantitative estimate of drug-likeness (QED) is 0.876. The van der Waals surface area contributed by atoms with Gasteiger partial charge in [0.2, 0.25) is 0 Å². The summed E-state index contributed by atoms with van der Waals surface area (Å²) in [6.45, 7) is 0. The zero-order chi connectivity index (χ0) is 12.3. The van der Waals surface area contributed by atoms with E-state index in [-0.39, 0.29) is 5.56 Å². The molecule has 0 spiro atoms. The highest BCUT2D eigenvalue weighted by Gasteiger charge is 2.06. The molecule has 0 aliphatic carbocycles. The maximum absolute atomic E-state index is 11.0. The number of rotatable bonds is 3. The Labute approximate surface area is 98.9 Å². The Balaban J connectivity index is 2.33. The number of aryl methyl sites for hydroxylation is 1. The first-order valence-corrected chi connectivity index (χ1v) is 5.15. The molecule has 0 aliphatic rings. The number of hydrogen-bond acceptors (Lipinski definition) is 2. The van der Waals surface area contributed by atoms with Crippen LogP contribution in [0.15, 0.2) is 36.8 Å². The number of carboxylic acids is 1. The molecule has 0 unspecified atom stereocenters. The molecule has 0 fully saturated rings. The molecule has 0 atom stereocenters. The summed E-state index contributed by atoms with van der Waals surface area (Å²) >= 11 is 0. The second-order valence-electron chi connectivity index (χ2n) is 3.65. The molecule has 17 heavy (non-hydrogen) atoms. The Morgan fingerprint density at radius 1 is 1.41 bits per heavy atom. The van der Waals surface area contributed by atoms with Crippen molar-refractivity contribution in [1.82, 2.24) is 9.55 Å². The van der Waals surface area contributed by atoms with E-state index in [1.165, 1.54) is 6.20 Å². The van der Waals surface area contributed by atoms with Gasteiger partial charge in [0.05, 0.1) is 5.56 Å². The maximum Gasteiger partial charge on any atom is 0.337 e. The maximum atomic E-state index is 11.0. The van der Waals surface area contributed by atoms with Crippen LogP contribution in [-0.2, 0) is 7.05 Å². The summed E-state index contributed by atoms with van der Waals surface area (Å²) in [4.78, 5) is 14.8. The predicted molar refractivity (Wildman–Crippen MR) is 65.5 cm³/mol. The molecular formula is C13H12N2O2. The Bertz CT molecular complexity index is 570. The van der Waals surface area contributed by atoms with E-state index in [2.05, 4.69) is 4.98 Å². The van der Waals surface area contributed by atoms with Crippen LogP contribution in [0.1, 0.15) is 21.6 Å². The highest BCUT2D eigenvalue weighted by Crippen LogP contribution is 2.12. The molecule has 0 bridgehead atoms. The van der Waals surface area contributed by atoms with E-state index in [0.29, 0.717) is 5.56 Å². The lowest BCUT2D eigenvalue weighted by Gasteiger charge is -2.00. The first-order valence-electron chi connectivity index (χ1n) is 5.15. The van der Waals surface area contributed by atoms with Gasteiger partial charge in [0, 0.05) is 31.3 Å². The average molecular weight is 228 g/mol. The number of carboxylic acid groups (broad SMARTS) is 1. The van der Waals surface area contributed by atoms with Gasteiger partial charge in [-0.2, -0.15) is 0 Å². The van der Waals surface area contributed by atoms with Crippen LogP contribution in [0.5, 0.6) is 0 Å². The summed E-state index contributed by atoms with van der Waals surface area (Å²) in [6.07, 6.45) is 8.52. The molecule has 0 aromatic carbocycles. The van der Waals surface area contributed by atoms with E-state index >= 15 is 0 Å². The van der Waals surface area contributed by atoms with Crippen molar-refractivity contribution in [2.45, 2.75) is 0 Å². The molecule has 86 valence electrons. The average Bonchev–Trinajstić information content (AvgIpc) is 2.72. The van der Waals surface area contributed by atoms with Crippen LogP contribution in [0, 0.1) is 0 Å². The normalized spacial score (nSPS) is 10.9. The summed E-state index contributed by atoms with van der Waals surface area (Å²) in [5, 5.41) is 9.00. The summed E-state index contributed by atoms with van der Waals surface area (Å²) in [7, 11) is 1.93. The van der Waals surface area contributed by atoms with Gasteiger partial charge in [-0.25, -0.2) is 4.79 Å². The van der Waals surface area contributed by atoms with Crippen molar-refractivity contribution in [3.8, 4) is 0 Å². The van der Waals surface area contributed by atoms with E-state index in [1.807, 2.05) is 36.0 Å². The van der Waals surface area contributed by atoms with Gasteiger partial charge in [-0.05, 0) is 29.8 Å². The van der Waals surface area contributed by atoms with Crippen LogP contribution in [0.2, 0.25) is 0 Å². The molecule has 0 saturated heterocycles. The third-order valence-corrected chi connectivity index (χ3v) is 2.50. The third kappa shape index (κ3) is 2.42. The summed E-state index contributed by atoms with van der Waals surface area (Å²) in [5.41, 5.74) is 1.87. The van der Waals surface area contributed by atoms with Gasteiger partial charge < -0.3 is 9.67 Å². The molecule has 0 amide bonds. The van der Waals surface area contributed by atoms with Crippen molar-refractivity contribution < 1.29 is 9.90 Å². The van der Waals surface area contributed by atoms with E-state index in [0.717, 1.165) is 5.69 Å². The minimum absolute atomic E-state index is 0.206. The zero-order valence-corrected chi connectivity index (χ0v) is 9.37. The number of aromatic nitrogens is 2. The Morgan fingerprint density at radius 2 is 2.24 bits per heavy atom. The van der Waals surface area contributed by atoms with Crippen molar-refractivity contribution in [1.29, 1.82) is 0 Å². The molecule has 0 aliphatic heterocycles. The fourth-order valence-corrected chi connectivity index (χ4v) is 1.55. The number of carbonyl (C=O) groups is 1. The zero-order valence-electron chi connectivity index (χ0n) is 9.37. The lowest BCUT2D eigenvalue weighted by molar-refractivity contribution is 0.0696. The predicted octanol–water partition coefficient (Wildman–Crippen LogP) is 2.29. The molecule has 1 N–H and O–H groups in total. The Kier molecular flexibility index (Phi) is 3.05. The van der Waals surface area contributed by atoms with E-state index in [4.69, 9.17) is 5.11 Å². The first-order chi connectivity index (χ1) is 8.18. The Hall–Kier alpha value is -2.36. The van der Waals surface area contributed by atoms with Crippen molar-refractivity contribution >= 4 is 18.1 Å². The third-order valence-electron chi connectivity index (χ3n) is 2.50. The fraction of sp³-hybridized carbons (Fsp3) is 0.0769. The number of nitrogens with zero attached hydrogens (tertiary/aromatic N) is 2. The van der Waals surface area contributed by atoms with E-state index in [1.54, 1.807) is 18.3 Å². The highest BCUT2D eigenvalue weighted by atomic mass is 16.4. The van der Waals surface area contributed by atoms with Crippen LogP contribution in [0.3, 0.4) is 0 Å². The van der Waals surface area contributed by atoms with Crippen molar-refractivity contribution in [2.24, 2.45) is 7.05 Å². The second kappa shape index (κ2) is 4.65.